The minimum Gasteiger partial charge on any atom is -0.467 e. The van der Waals surface area contributed by atoms with E-state index in [0.717, 1.165) is 30.0 Å². The number of benzene rings is 1. The largest absolute Gasteiger partial charge is 0.467 e. The molecule has 0 saturated heterocycles. The van der Waals surface area contributed by atoms with Gasteiger partial charge in [0.05, 0.1) is 6.61 Å². The molecule has 0 bridgehead atoms. The van der Waals surface area contributed by atoms with E-state index in [0.29, 0.717) is 25.5 Å². The van der Waals surface area contributed by atoms with Crippen LogP contribution in [-0.4, -0.2) is 37.3 Å². The summed E-state index contributed by atoms with van der Waals surface area (Å²) in [5, 5.41) is 0. The van der Waals surface area contributed by atoms with E-state index in [9.17, 15) is 4.39 Å². The number of rotatable bonds is 5. The van der Waals surface area contributed by atoms with E-state index in [4.69, 9.17) is 15.2 Å². The van der Waals surface area contributed by atoms with Crippen LogP contribution in [0.3, 0.4) is 0 Å². The lowest BCUT2D eigenvalue weighted by Gasteiger charge is -2.21. The molecule has 1 aliphatic rings. The summed E-state index contributed by atoms with van der Waals surface area (Å²) in [5.74, 6) is 0.965. The van der Waals surface area contributed by atoms with Crippen LogP contribution in [0.5, 0.6) is 5.75 Å². The third-order valence-corrected chi connectivity index (χ3v) is 3.49. The SMILES string of the molecule is CCN(CC)C(N)=NCCc1cc(F)cc2c1OCOC2. The summed E-state index contributed by atoms with van der Waals surface area (Å²) in [6.07, 6.45) is 0.585. The van der Waals surface area contributed by atoms with Crippen LogP contribution < -0.4 is 10.5 Å². The van der Waals surface area contributed by atoms with Gasteiger partial charge in [-0.05, 0) is 38.0 Å². The number of aliphatic imine (C=N–C) groups is 1. The molecular weight excluding hydrogens is 273 g/mol. The fourth-order valence-electron chi connectivity index (χ4n) is 2.38. The summed E-state index contributed by atoms with van der Waals surface area (Å²) in [7, 11) is 0. The molecule has 0 aromatic heterocycles. The van der Waals surface area contributed by atoms with E-state index < -0.39 is 0 Å². The highest BCUT2D eigenvalue weighted by Crippen LogP contribution is 2.29. The highest BCUT2D eigenvalue weighted by Gasteiger charge is 2.16. The third-order valence-electron chi connectivity index (χ3n) is 3.49. The molecule has 5 nitrogen and oxygen atoms in total. The maximum absolute atomic E-state index is 13.6. The van der Waals surface area contributed by atoms with Gasteiger partial charge in [0.25, 0.3) is 0 Å². The van der Waals surface area contributed by atoms with Gasteiger partial charge in [0, 0.05) is 25.2 Å². The topological polar surface area (TPSA) is 60.1 Å². The monoisotopic (exact) mass is 295 g/mol. The number of hydrogen-bond donors (Lipinski definition) is 1. The first-order valence-electron chi connectivity index (χ1n) is 7.22. The molecule has 1 heterocycles. The van der Waals surface area contributed by atoms with Crippen molar-refractivity contribution in [3.8, 4) is 5.75 Å². The normalized spacial score (nSPS) is 14.5. The Morgan fingerprint density at radius 2 is 2.14 bits per heavy atom. The predicted molar refractivity (Wildman–Crippen MR) is 79.8 cm³/mol. The number of nitrogens with zero attached hydrogens (tertiary/aromatic N) is 2. The second-order valence-corrected chi connectivity index (χ2v) is 4.83. The summed E-state index contributed by atoms with van der Waals surface area (Å²) in [5.41, 5.74) is 7.48. The Balaban J connectivity index is 2.06. The number of hydrogen-bond acceptors (Lipinski definition) is 3. The zero-order chi connectivity index (χ0) is 15.2. The minimum atomic E-state index is -0.279. The minimum absolute atomic E-state index is 0.205. The first-order chi connectivity index (χ1) is 10.2. The van der Waals surface area contributed by atoms with Gasteiger partial charge in [0.1, 0.15) is 11.6 Å². The number of fused-ring (bicyclic) bond motifs is 1. The summed E-state index contributed by atoms with van der Waals surface area (Å²) in [6.45, 7) is 6.79. The third kappa shape index (κ3) is 3.85. The molecule has 21 heavy (non-hydrogen) atoms. The molecule has 1 aromatic carbocycles. The standard InChI is InChI=1S/C15H22FN3O2/c1-3-19(4-2)15(17)18-6-5-11-7-13(16)8-12-9-20-10-21-14(11)12/h7-8H,3-6,9-10H2,1-2H3,(H2,17,18). The van der Waals surface area contributed by atoms with Gasteiger partial charge in [-0.25, -0.2) is 4.39 Å². The lowest BCUT2D eigenvalue weighted by Crippen LogP contribution is -2.37. The molecule has 0 radical (unpaired) electrons. The van der Waals surface area contributed by atoms with Crippen molar-refractivity contribution >= 4 is 5.96 Å². The van der Waals surface area contributed by atoms with Gasteiger partial charge < -0.3 is 20.1 Å². The van der Waals surface area contributed by atoms with Crippen molar-refractivity contribution in [1.82, 2.24) is 4.90 Å². The highest BCUT2D eigenvalue weighted by molar-refractivity contribution is 5.78. The van der Waals surface area contributed by atoms with Crippen molar-refractivity contribution in [2.75, 3.05) is 26.4 Å². The zero-order valence-corrected chi connectivity index (χ0v) is 12.6. The van der Waals surface area contributed by atoms with Gasteiger partial charge in [-0.2, -0.15) is 0 Å². The van der Waals surface area contributed by atoms with Gasteiger partial charge in [-0.15, -0.1) is 0 Å². The molecule has 0 aliphatic carbocycles. The zero-order valence-electron chi connectivity index (χ0n) is 12.6. The summed E-state index contributed by atoms with van der Waals surface area (Å²) >= 11 is 0. The van der Waals surface area contributed by atoms with Crippen LogP contribution in [0.4, 0.5) is 4.39 Å². The molecule has 0 fully saturated rings. The van der Waals surface area contributed by atoms with Gasteiger partial charge in [-0.1, -0.05) is 0 Å². The Morgan fingerprint density at radius 1 is 1.38 bits per heavy atom. The fraction of sp³-hybridized carbons (Fsp3) is 0.533. The van der Waals surface area contributed by atoms with Gasteiger partial charge in [-0.3, -0.25) is 4.99 Å². The van der Waals surface area contributed by atoms with Crippen molar-refractivity contribution in [1.29, 1.82) is 0 Å². The van der Waals surface area contributed by atoms with E-state index >= 15 is 0 Å². The van der Waals surface area contributed by atoms with Crippen molar-refractivity contribution in [3.05, 3.63) is 29.1 Å². The first kappa shape index (κ1) is 15.6. The van der Waals surface area contributed by atoms with Gasteiger partial charge >= 0.3 is 0 Å². The van der Waals surface area contributed by atoms with Crippen LogP contribution in [0.1, 0.15) is 25.0 Å². The van der Waals surface area contributed by atoms with E-state index in [1.807, 2.05) is 18.7 Å². The number of ether oxygens (including phenoxy) is 2. The van der Waals surface area contributed by atoms with Crippen LogP contribution in [0.2, 0.25) is 0 Å². The van der Waals surface area contributed by atoms with E-state index in [1.165, 1.54) is 12.1 Å². The number of guanidine groups is 1. The maximum atomic E-state index is 13.6. The van der Waals surface area contributed by atoms with Crippen molar-refractivity contribution < 1.29 is 13.9 Å². The van der Waals surface area contributed by atoms with Crippen LogP contribution in [0.25, 0.3) is 0 Å². The van der Waals surface area contributed by atoms with Crippen LogP contribution >= 0.6 is 0 Å². The molecule has 116 valence electrons. The Hall–Kier alpha value is -1.82. The van der Waals surface area contributed by atoms with Gasteiger partial charge in [0.15, 0.2) is 12.8 Å². The number of halogens is 1. The maximum Gasteiger partial charge on any atom is 0.191 e. The first-order valence-corrected chi connectivity index (χ1v) is 7.22. The van der Waals surface area contributed by atoms with E-state index in [2.05, 4.69) is 4.99 Å². The average molecular weight is 295 g/mol. The molecule has 1 aromatic rings. The molecule has 0 atom stereocenters. The van der Waals surface area contributed by atoms with Crippen molar-refractivity contribution in [3.63, 3.8) is 0 Å². The van der Waals surface area contributed by atoms with Crippen LogP contribution in [0, 0.1) is 5.82 Å². The average Bonchev–Trinajstić information content (AvgIpc) is 2.48. The molecule has 0 saturated carbocycles. The molecule has 0 spiro atoms. The molecular formula is C15H22FN3O2. The Morgan fingerprint density at radius 3 is 2.86 bits per heavy atom. The van der Waals surface area contributed by atoms with Crippen LogP contribution in [-0.2, 0) is 17.8 Å². The molecule has 0 amide bonds. The summed E-state index contributed by atoms with van der Waals surface area (Å²) in [6, 6.07) is 2.94. The molecule has 2 N–H and O–H groups in total. The van der Waals surface area contributed by atoms with Gasteiger partial charge in [0.2, 0.25) is 0 Å². The second kappa shape index (κ2) is 7.26. The number of nitrogens with two attached hydrogens (primary N) is 1. The molecule has 1 aliphatic heterocycles. The Kier molecular flexibility index (Phi) is 5.38. The summed E-state index contributed by atoms with van der Waals surface area (Å²) in [4.78, 5) is 6.33. The smallest absolute Gasteiger partial charge is 0.191 e. The highest BCUT2D eigenvalue weighted by atomic mass is 19.1. The quantitative estimate of drug-likeness (QED) is 0.665. The Labute approximate surface area is 124 Å². The second-order valence-electron chi connectivity index (χ2n) is 4.83. The lowest BCUT2D eigenvalue weighted by atomic mass is 10.1. The lowest BCUT2D eigenvalue weighted by molar-refractivity contribution is -0.0172. The van der Waals surface area contributed by atoms with Crippen molar-refractivity contribution in [2.45, 2.75) is 26.9 Å². The Bertz CT molecular complexity index is 516. The molecule has 0 unspecified atom stereocenters. The van der Waals surface area contributed by atoms with Crippen LogP contribution in [0.15, 0.2) is 17.1 Å². The fourth-order valence-corrected chi connectivity index (χ4v) is 2.38. The predicted octanol–water partition coefficient (Wildman–Crippen LogP) is 1.89. The van der Waals surface area contributed by atoms with E-state index in [-0.39, 0.29) is 12.6 Å². The summed E-state index contributed by atoms with van der Waals surface area (Å²) < 4.78 is 24.2. The van der Waals surface area contributed by atoms with Crippen molar-refractivity contribution in [2.24, 2.45) is 10.7 Å². The van der Waals surface area contributed by atoms with E-state index in [1.54, 1.807) is 0 Å². The molecule has 6 heteroatoms. The molecule has 2 rings (SSSR count).